The molecule has 1 fully saturated rings. The molecule has 1 aliphatic carbocycles. The maximum absolute atomic E-state index is 14.9. The molecule has 3 N–H and O–H groups in total. The van der Waals surface area contributed by atoms with Crippen molar-refractivity contribution >= 4 is 38.8 Å². The average molecular weight is 429 g/mol. The Hall–Kier alpha value is -2.65. The molecule has 158 valence electrons. The van der Waals surface area contributed by atoms with Crippen molar-refractivity contribution in [3.8, 4) is 5.88 Å². The number of aromatic nitrogens is 3. The van der Waals surface area contributed by atoms with Gasteiger partial charge in [-0.25, -0.2) is 23.7 Å². The summed E-state index contributed by atoms with van der Waals surface area (Å²) in [6, 6.07) is 7.06. The molecular formula is C21H25FN6OS. The summed E-state index contributed by atoms with van der Waals surface area (Å²) < 4.78 is 25.5. The Labute approximate surface area is 177 Å². The summed E-state index contributed by atoms with van der Waals surface area (Å²) in [5.41, 5.74) is 7.67. The quantitative estimate of drug-likeness (QED) is 0.630. The van der Waals surface area contributed by atoms with E-state index in [-0.39, 0.29) is 22.8 Å². The van der Waals surface area contributed by atoms with Crippen molar-refractivity contribution in [2.75, 3.05) is 17.8 Å². The fourth-order valence-electron chi connectivity index (χ4n) is 3.56. The molecule has 30 heavy (non-hydrogen) atoms. The van der Waals surface area contributed by atoms with Gasteiger partial charge in [0, 0.05) is 18.3 Å². The number of fused-ring (bicyclic) bond motifs is 1. The lowest BCUT2D eigenvalue weighted by Gasteiger charge is -2.27. The first kappa shape index (κ1) is 20.6. The number of nitrogens with one attached hydrogen (secondary N) is 1. The van der Waals surface area contributed by atoms with E-state index in [0.29, 0.717) is 34.0 Å². The standard InChI is InChI=1S/C21H25FN6OS/c1-30(2)28-14-10-16(22)19-18(11-14)25-12-26-20(19)27-17-4-3-9-24-21(17)29-15-7-5-13(23)6-8-15/h3-4,9-13,15H,5-8,23H2,1-2H3,(H,25,26,27). The Bertz CT molecular complexity index is 1080. The van der Waals surface area contributed by atoms with Crippen molar-refractivity contribution in [2.24, 2.45) is 10.1 Å². The number of anilines is 2. The molecule has 0 unspecified atom stereocenters. The van der Waals surface area contributed by atoms with Crippen molar-refractivity contribution in [1.82, 2.24) is 15.0 Å². The highest BCUT2D eigenvalue weighted by Crippen LogP contribution is 2.33. The first-order valence-electron chi connectivity index (χ1n) is 9.87. The average Bonchev–Trinajstić information content (AvgIpc) is 2.70. The lowest BCUT2D eigenvalue weighted by Crippen LogP contribution is -2.31. The van der Waals surface area contributed by atoms with Crippen LogP contribution in [-0.2, 0) is 10.7 Å². The Morgan fingerprint density at radius 1 is 1.17 bits per heavy atom. The third kappa shape index (κ3) is 4.73. The van der Waals surface area contributed by atoms with Gasteiger partial charge in [0.2, 0.25) is 5.88 Å². The number of pyridine rings is 1. The summed E-state index contributed by atoms with van der Waals surface area (Å²) in [5, 5.41) is 3.49. The number of ether oxygens (including phenoxy) is 1. The third-order valence-corrected chi connectivity index (χ3v) is 5.56. The van der Waals surface area contributed by atoms with E-state index in [1.807, 2.05) is 18.6 Å². The fourth-order valence-corrected chi connectivity index (χ4v) is 4.08. The van der Waals surface area contributed by atoms with Gasteiger partial charge in [-0.3, -0.25) is 0 Å². The van der Waals surface area contributed by atoms with Crippen molar-refractivity contribution < 1.29 is 9.13 Å². The van der Waals surface area contributed by atoms with Crippen LogP contribution in [0.4, 0.5) is 21.6 Å². The van der Waals surface area contributed by atoms with Crippen molar-refractivity contribution in [1.29, 1.82) is 0 Å². The normalized spacial score (nSPS) is 19.1. The Morgan fingerprint density at radius 3 is 2.73 bits per heavy atom. The van der Waals surface area contributed by atoms with Crippen LogP contribution in [0.1, 0.15) is 25.7 Å². The second-order valence-electron chi connectivity index (χ2n) is 7.54. The van der Waals surface area contributed by atoms with Crippen LogP contribution in [0, 0.1) is 5.82 Å². The van der Waals surface area contributed by atoms with E-state index in [0.717, 1.165) is 25.7 Å². The molecule has 3 aromatic rings. The number of nitrogens with zero attached hydrogens (tertiary/aromatic N) is 4. The molecule has 2 aromatic heterocycles. The molecule has 0 radical (unpaired) electrons. The van der Waals surface area contributed by atoms with Crippen molar-refractivity contribution in [3.63, 3.8) is 0 Å². The summed E-state index contributed by atoms with van der Waals surface area (Å²) in [7, 11) is -0.197. The van der Waals surface area contributed by atoms with Gasteiger partial charge in [-0.2, -0.15) is 0 Å². The molecule has 2 heterocycles. The molecule has 0 aliphatic heterocycles. The predicted octanol–water partition coefficient (Wildman–Crippen LogP) is 4.25. The van der Waals surface area contributed by atoms with Crippen molar-refractivity contribution in [3.05, 3.63) is 42.6 Å². The summed E-state index contributed by atoms with van der Waals surface area (Å²) in [6.07, 6.45) is 10.8. The molecule has 7 nitrogen and oxygen atoms in total. The number of hydrogen-bond acceptors (Lipinski definition) is 7. The smallest absolute Gasteiger partial charge is 0.238 e. The van der Waals surface area contributed by atoms with Gasteiger partial charge in [-0.1, -0.05) is 0 Å². The minimum Gasteiger partial charge on any atom is -0.473 e. The van der Waals surface area contributed by atoms with Crippen LogP contribution < -0.4 is 15.8 Å². The Kier molecular flexibility index (Phi) is 6.19. The number of rotatable bonds is 5. The van der Waals surface area contributed by atoms with Gasteiger partial charge in [0.25, 0.3) is 0 Å². The minimum atomic E-state index is -0.424. The van der Waals surface area contributed by atoms with E-state index in [4.69, 9.17) is 10.5 Å². The maximum atomic E-state index is 14.9. The van der Waals surface area contributed by atoms with Gasteiger partial charge < -0.3 is 15.8 Å². The number of halogens is 1. The molecule has 1 saturated carbocycles. The predicted molar refractivity (Wildman–Crippen MR) is 119 cm³/mol. The van der Waals surface area contributed by atoms with E-state index >= 15 is 0 Å². The van der Waals surface area contributed by atoms with Gasteiger partial charge in [-0.05, 0) is 56.4 Å². The monoisotopic (exact) mass is 428 g/mol. The van der Waals surface area contributed by atoms with Gasteiger partial charge in [-0.15, -0.1) is 10.7 Å². The largest absolute Gasteiger partial charge is 0.473 e. The van der Waals surface area contributed by atoms with Crippen LogP contribution in [0.15, 0.2) is 41.2 Å². The summed E-state index contributed by atoms with van der Waals surface area (Å²) >= 11 is 0. The van der Waals surface area contributed by atoms with E-state index in [1.165, 1.54) is 12.4 Å². The maximum Gasteiger partial charge on any atom is 0.238 e. The molecule has 0 amide bonds. The second-order valence-corrected chi connectivity index (χ2v) is 9.27. The first-order chi connectivity index (χ1) is 14.5. The minimum absolute atomic E-state index is 0.0696. The van der Waals surface area contributed by atoms with E-state index in [1.54, 1.807) is 18.3 Å². The van der Waals surface area contributed by atoms with Crippen LogP contribution in [0.2, 0.25) is 0 Å². The number of nitrogens with two attached hydrogens (primary N) is 1. The molecule has 0 bridgehead atoms. The van der Waals surface area contributed by atoms with Crippen molar-refractivity contribution in [2.45, 2.75) is 37.8 Å². The SMILES string of the molecule is CS(C)=Nc1cc(F)c2c(Nc3cccnc3OC3CCC(N)CC3)ncnc2c1. The second kappa shape index (κ2) is 9.01. The summed E-state index contributed by atoms with van der Waals surface area (Å²) in [4.78, 5) is 12.9. The van der Waals surface area contributed by atoms with Gasteiger partial charge in [0.05, 0.1) is 16.6 Å². The van der Waals surface area contributed by atoms with Gasteiger partial charge in [0.1, 0.15) is 29.8 Å². The van der Waals surface area contributed by atoms with Crippen LogP contribution in [0.25, 0.3) is 10.9 Å². The first-order valence-corrected chi connectivity index (χ1v) is 11.9. The third-order valence-electron chi connectivity index (χ3n) is 4.98. The van der Waals surface area contributed by atoms with E-state index in [2.05, 4.69) is 24.6 Å². The lowest BCUT2D eigenvalue weighted by molar-refractivity contribution is 0.142. The van der Waals surface area contributed by atoms with E-state index in [9.17, 15) is 4.39 Å². The Balaban J connectivity index is 1.64. The van der Waals surface area contributed by atoms with Crippen LogP contribution in [-0.4, -0.2) is 39.6 Å². The highest BCUT2D eigenvalue weighted by molar-refractivity contribution is 7.85. The topological polar surface area (TPSA) is 98.3 Å². The zero-order valence-electron chi connectivity index (χ0n) is 17.0. The highest BCUT2D eigenvalue weighted by atomic mass is 32.2. The van der Waals surface area contributed by atoms with Gasteiger partial charge in [0.15, 0.2) is 0 Å². The van der Waals surface area contributed by atoms with Crippen LogP contribution in [0.5, 0.6) is 5.88 Å². The number of benzene rings is 1. The fraction of sp³-hybridized carbons (Fsp3) is 0.381. The molecule has 1 aromatic carbocycles. The molecule has 1 aliphatic rings. The number of hydrogen-bond donors (Lipinski definition) is 2. The zero-order chi connectivity index (χ0) is 21.1. The Morgan fingerprint density at radius 2 is 1.97 bits per heavy atom. The van der Waals surface area contributed by atoms with E-state index < -0.39 is 5.82 Å². The molecule has 0 atom stereocenters. The van der Waals surface area contributed by atoms with Gasteiger partial charge >= 0.3 is 0 Å². The summed E-state index contributed by atoms with van der Waals surface area (Å²) in [5.74, 6) is 0.407. The molecular weight excluding hydrogens is 403 g/mol. The molecule has 9 heteroatoms. The van der Waals surface area contributed by atoms with Crippen LogP contribution >= 0.6 is 0 Å². The highest BCUT2D eigenvalue weighted by Gasteiger charge is 2.22. The zero-order valence-corrected chi connectivity index (χ0v) is 17.8. The molecule has 4 rings (SSSR count). The van der Waals surface area contributed by atoms with Crippen LogP contribution in [0.3, 0.4) is 0 Å². The summed E-state index contributed by atoms with van der Waals surface area (Å²) in [6.45, 7) is 0. The lowest BCUT2D eigenvalue weighted by atomic mass is 9.94. The molecule has 0 spiro atoms. The molecule has 0 saturated heterocycles.